The molecule has 0 aromatic heterocycles. The lowest BCUT2D eigenvalue weighted by molar-refractivity contribution is -0.159. The first-order valence-corrected chi connectivity index (χ1v) is 21.5. The van der Waals surface area contributed by atoms with Gasteiger partial charge in [-0.15, -0.1) is 0 Å². The molecule has 2 aromatic rings. The minimum atomic E-state index is -1.36. The molecule has 2 fully saturated rings. The number of hydrogen-bond acceptors (Lipinski definition) is 9. The Morgan fingerprint density at radius 2 is 1.53 bits per heavy atom. The van der Waals surface area contributed by atoms with E-state index in [1.807, 2.05) is 0 Å². The summed E-state index contributed by atoms with van der Waals surface area (Å²) in [6.07, 6.45) is 6.44. The largest absolute Gasteiger partial charge is 0.458 e. The van der Waals surface area contributed by atoms with Crippen molar-refractivity contribution in [2.24, 2.45) is 5.92 Å². The Bertz CT molecular complexity index is 1790. The molecule has 0 spiro atoms. The summed E-state index contributed by atoms with van der Waals surface area (Å²) in [4.78, 5) is 95.8. The van der Waals surface area contributed by atoms with Crippen molar-refractivity contribution in [2.45, 2.75) is 133 Å². The smallest absolute Gasteiger partial charge is 0.333 e. The van der Waals surface area contributed by atoms with Gasteiger partial charge in [-0.3, -0.25) is 33.9 Å². The molecule has 1 saturated carbocycles. The third-order valence-electron chi connectivity index (χ3n) is 10.3. The van der Waals surface area contributed by atoms with Crippen LogP contribution in [-0.4, -0.2) is 87.2 Å². The van der Waals surface area contributed by atoms with Crippen molar-refractivity contribution in [3.8, 4) is 0 Å². The second-order valence-corrected chi connectivity index (χ2v) is 17.1. The summed E-state index contributed by atoms with van der Waals surface area (Å²) in [6, 6.07) is 11.4. The van der Waals surface area contributed by atoms with Crippen molar-refractivity contribution in [3.05, 3.63) is 65.7 Å². The van der Waals surface area contributed by atoms with E-state index in [1.54, 1.807) is 82.3 Å². The molecule has 0 bridgehead atoms. The van der Waals surface area contributed by atoms with Crippen LogP contribution in [0.3, 0.4) is 0 Å². The lowest BCUT2D eigenvalue weighted by Gasteiger charge is -2.35. The van der Waals surface area contributed by atoms with E-state index >= 15 is 0 Å². The summed E-state index contributed by atoms with van der Waals surface area (Å²) in [5.74, 6) is -4.78. The lowest BCUT2D eigenvalue weighted by Crippen LogP contribution is -2.58. The molecule has 2 aliphatic rings. The number of nitrogens with one attached hydrogen (secondary N) is 4. The Morgan fingerprint density at radius 1 is 0.862 bits per heavy atom. The molecule has 15 nitrogen and oxygen atoms in total. The first-order valence-electron chi connectivity index (χ1n) is 20.2. The first kappa shape index (κ1) is 45.7. The van der Waals surface area contributed by atoms with E-state index in [-0.39, 0.29) is 30.6 Å². The van der Waals surface area contributed by atoms with Gasteiger partial charge in [-0.2, -0.15) is 4.21 Å². The van der Waals surface area contributed by atoms with E-state index in [0.717, 1.165) is 37.7 Å². The fraction of sp³-hybridized carbons (Fsp3) is 0.548. The molecular weight excluding hydrogens is 765 g/mol. The quantitative estimate of drug-likeness (QED) is 0.110. The highest BCUT2D eigenvalue weighted by Gasteiger charge is 2.42. The van der Waals surface area contributed by atoms with Crippen LogP contribution < -0.4 is 26.4 Å². The summed E-state index contributed by atoms with van der Waals surface area (Å²) >= 11 is 0. The van der Waals surface area contributed by atoms with Gasteiger partial charge in [0, 0.05) is 13.0 Å². The second kappa shape index (κ2) is 21.7. The van der Waals surface area contributed by atoms with Crippen LogP contribution in [0.2, 0.25) is 0 Å². The van der Waals surface area contributed by atoms with Gasteiger partial charge >= 0.3 is 5.97 Å². The van der Waals surface area contributed by atoms with Crippen LogP contribution in [-0.2, 0) is 55.7 Å². The molecular formula is C42H59N6O9S+. The van der Waals surface area contributed by atoms with E-state index in [4.69, 9.17) is 4.74 Å². The van der Waals surface area contributed by atoms with E-state index in [9.17, 15) is 37.8 Å². The summed E-state index contributed by atoms with van der Waals surface area (Å²) < 4.78 is 17.1. The SMILES string of the molecule is CCCC(NC(=O)C1CCCN1C(=O)C(NC(=O)CCc1ccc(S([NH3+])=O)cc1)C1CCCCC1)C(=O)C(=O)NCC(=O)N[C@H](C(=O)OC(C)(C)C)c1ccccc1. The van der Waals surface area contributed by atoms with Gasteiger partial charge in [-0.25, -0.2) is 4.79 Å². The molecule has 1 aliphatic carbocycles. The van der Waals surface area contributed by atoms with E-state index in [2.05, 4.69) is 26.4 Å². The molecule has 1 aliphatic heterocycles. The summed E-state index contributed by atoms with van der Waals surface area (Å²) in [5, 5.41) is 14.1. The zero-order valence-corrected chi connectivity index (χ0v) is 34.8. The van der Waals surface area contributed by atoms with Gasteiger partial charge in [0.1, 0.15) is 17.7 Å². The number of esters is 1. The summed E-state index contributed by atoms with van der Waals surface area (Å²) in [7, 11) is -1.36. The number of ether oxygens (including phenoxy) is 1. The Morgan fingerprint density at radius 3 is 2.16 bits per heavy atom. The molecule has 1 heterocycles. The van der Waals surface area contributed by atoms with Crippen molar-refractivity contribution in [1.29, 1.82) is 0 Å². The summed E-state index contributed by atoms with van der Waals surface area (Å²) in [6.45, 7) is 6.57. The van der Waals surface area contributed by atoms with Gasteiger partial charge in [0.15, 0.2) is 6.04 Å². The average Bonchev–Trinajstić information content (AvgIpc) is 3.70. The van der Waals surface area contributed by atoms with E-state index in [1.165, 1.54) is 4.90 Å². The molecule has 316 valence electrons. The second-order valence-electron chi connectivity index (χ2n) is 16.0. The predicted molar refractivity (Wildman–Crippen MR) is 215 cm³/mol. The number of carbonyl (C=O) groups excluding carboxylic acids is 7. The fourth-order valence-electron chi connectivity index (χ4n) is 7.37. The highest BCUT2D eigenvalue weighted by Crippen LogP contribution is 2.30. The maximum Gasteiger partial charge on any atom is 0.333 e. The number of likely N-dealkylation sites (tertiary alicyclic amines) is 1. The lowest BCUT2D eigenvalue weighted by atomic mass is 9.83. The van der Waals surface area contributed by atoms with Gasteiger partial charge in [-0.05, 0) is 88.5 Å². The monoisotopic (exact) mass is 823 g/mol. The maximum atomic E-state index is 14.2. The number of Topliss-reactive ketones (excluding diaryl/α,β-unsaturated/α-hetero) is 1. The Kier molecular flexibility index (Phi) is 17.1. The highest BCUT2D eigenvalue weighted by molar-refractivity contribution is 7.77. The van der Waals surface area contributed by atoms with Crippen LogP contribution in [0, 0.1) is 5.92 Å². The van der Waals surface area contributed by atoms with Crippen LogP contribution in [0.1, 0.15) is 109 Å². The maximum absolute atomic E-state index is 14.2. The molecule has 0 radical (unpaired) electrons. The molecule has 4 unspecified atom stereocenters. The number of carbonyl (C=O) groups is 7. The van der Waals surface area contributed by atoms with Gasteiger partial charge in [0.25, 0.3) is 5.91 Å². The van der Waals surface area contributed by atoms with Crippen molar-refractivity contribution in [2.75, 3.05) is 13.1 Å². The molecule has 4 rings (SSSR count). The normalized spacial score (nSPS) is 17.9. The number of aryl methyl sites for hydroxylation is 1. The van der Waals surface area contributed by atoms with Gasteiger partial charge in [0.05, 0.1) is 17.5 Å². The third-order valence-corrected chi connectivity index (χ3v) is 11.1. The van der Waals surface area contributed by atoms with Gasteiger partial charge in [-0.1, -0.05) is 75.1 Å². The molecule has 5 atom stereocenters. The third kappa shape index (κ3) is 13.6. The van der Waals surface area contributed by atoms with Crippen molar-refractivity contribution >= 4 is 52.3 Å². The van der Waals surface area contributed by atoms with Crippen molar-refractivity contribution in [1.82, 2.24) is 26.2 Å². The molecule has 1 saturated heterocycles. The van der Waals surface area contributed by atoms with Gasteiger partial charge < -0.3 is 30.9 Å². The molecule has 16 heteroatoms. The molecule has 7 N–H and O–H groups in total. The number of ketones is 1. The topological polar surface area (TPSA) is 225 Å². The molecule has 2 aromatic carbocycles. The van der Waals surface area contributed by atoms with Gasteiger partial charge in [0.2, 0.25) is 40.4 Å². The molecule has 58 heavy (non-hydrogen) atoms. The van der Waals surface area contributed by atoms with Crippen molar-refractivity contribution < 1.29 is 47.6 Å². The average molecular weight is 824 g/mol. The van der Waals surface area contributed by atoms with Crippen LogP contribution >= 0.6 is 0 Å². The van der Waals surface area contributed by atoms with Crippen LogP contribution in [0.25, 0.3) is 0 Å². The zero-order valence-electron chi connectivity index (χ0n) is 34.0. The fourth-order valence-corrected chi connectivity index (χ4v) is 7.81. The zero-order chi connectivity index (χ0) is 42.4. The molecule has 5 amide bonds. The predicted octanol–water partition coefficient (Wildman–Crippen LogP) is 2.11. The minimum Gasteiger partial charge on any atom is -0.458 e. The summed E-state index contributed by atoms with van der Waals surface area (Å²) in [5.41, 5.74) is 0.527. The van der Waals surface area contributed by atoms with E-state index < -0.39 is 76.8 Å². The Labute approximate surface area is 342 Å². The van der Waals surface area contributed by atoms with Crippen LogP contribution in [0.5, 0.6) is 0 Å². The number of rotatable bonds is 18. The Hall–Kier alpha value is -4.96. The minimum absolute atomic E-state index is 0.0942. The number of nitrogens with zero attached hydrogens (tertiary/aromatic N) is 1. The number of benzene rings is 2. The standard InChI is InChI=1S/C42H58N6O9S/c1-5-13-31(37(51)39(53)44-26-34(50)47-36(29-16-10-7-11-17-29)41(55)57-42(2,3)4)45-38(52)32-18-12-25-48(32)40(54)35(28-14-8-6-9-15-28)46-33(49)24-21-27-19-22-30(23-20-27)58(43)56/h7,10-11,16-17,19-20,22-23,28,31-32,35-36H,5-6,8-9,12-15,18,21,24-26,43H2,1-4H3,(H,44,53)(H,45,52)(H,46,49)(H,47,50)/p+1/t31?,32?,35?,36-,58?/m0/s1. The first-order chi connectivity index (χ1) is 27.6. The van der Waals surface area contributed by atoms with E-state index in [0.29, 0.717) is 42.7 Å². The van der Waals surface area contributed by atoms with Crippen LogP contribution in [0.15, 0.2) is 59.5 Å². The van der Waals surface area contributed by atoms with Crippen LogP contribution in [0.4, 0.5) is 0 Å². The van der Waals surface area contributed by atoms with Crippen molar-refractivity contribution in [3.63, 3.8) is 0 Å². The highest BCUT2D eigenvalue weighted by atomic mass is 32.2. The Balaban J connectivity index is 1.37. The number of quaternary nitrogens is 1. The number of amides is 5. The number of hydrogen-bond donors (Lipinski definition) is 5.